The Labute approximate surface area is 160 Å². The van der Waals surface area contributed by atoms with Crippen molar-refractivity contribution in [3.8, 4) is 5.75 Å². The minimum absolute atomic E-state index is 0.0215. The molecule has 0 spiro atoms. The number of benzene rings is 1. The van der Waals surface area contributed by atoms with Gasteiger partial charge >= 0.3 is 0 Å². The highest BCUT2D eigenvalue weighted by molar-refractivity contribution is 7.89. The van der Waals surface area contributed by atoms with Gasteiger partial charge in [-0.25, -0.2) is 18.4 Å². The Balaban J connectivity index is 1.57. The van der Waals surface area contributed by atoms with E-state index in [-0.39, 0.29) is 12.1 Å². The van der Waals surface area contributed by atoms with Gasteiger partial charge in [-0.2, -0.15) is 4.31 Å². The van der Waals surface area contributed by atoms with Crippen molar-refractivity contribution in [2.75, 3.05) is 25.1 Å². The molecule has 3 saturated heterocycles. The summed E-state index contributed by atoms with van der Waals surface area (Å²) in [6.07, 6.45) is 0.897. The first-order valence-electron chi connectivity index (χ1n) is 9.05. The number of aryl methyl sites for hydroxylation is 3. The molecule has 27 heavy (non-hydrogen) atoms. The molecule has 3 fully saturated rings. The molecule has 3 aliphatic heterocycles. The topological polar surface area (TPSA) is 75.6 Å². The van der Waals surface area contributed by atoms with Gasteiger partial charge < -0.3 is 9.64 Å². The molecule has 0 radical (unpaired) electrons. The Morgan fingerprint density at radius 3 is 2.37 bits per heavy atom. The number of sulfonamides is 1. The van der Waals surface area contributed by atoms with E-state index >= 15 is 0 Å². The zero-order chi connectivity index (χ0) is 19.3. The quantitative estimate of drug-likeness (QED) is 0.798. The van der Waals surface area contributed by atoms with Crippen molar-refractivity contribution >= 4 is 15.8 Å². The lowest BCUT2D eigenvalue weighted by molar-refractivity contribution is 0.0874. The number of aromatic nitrogens is 2. The maximum absolute atomic E-state index is 13.2. The van der Waals surface area contributed by atoms with E-state index in [2.05, 4.69) is 14.9 Å². The average Bonchev–Trinajstić information content (AvgIpc) is 2.60. The zero-order valence-electron chi connectivity index (χ0n) is 16.0. The summed E-state index contributed by atoms with van der Waals surface area (Å²) >= 11 is 0. The van der Waals surface area contributed by atoms with Crippen LogP contribution in [0.4, 0.5) is 5.82 Å². The Morgan fingerprint density at radius 1 is 1.07 bits per heavy atom. The van der Waals surface area contributed by atoms with Crippen molar-refractivity contribution in [3.63, 3.8) is 0 Å². The number of anilines is 1. The molecule has 1 aromatic carbocycles. The van der Waals surface area contributed by atoms with Crippen LogP contribution in [0.25, 0.3) is 0 Å². The number of nitrogens with zero attached hydrogens (tertiary/aromatic N) is 4. The molecule has 5 rings (SSSR count). The van der Waals surface area contributed by atoms with Gasteiger partial charge in [-0.3, -0.25) is 0 Å². The second-order valence-electron chi connectivity index (χ2n) is 7.33. The van der Waals surface area contributed by atoms with Gasteiger partial charge in [0, 0.05) is 36.9 Å². The van der Waals surface area contributed by atoms with Gasteiger partial charge in [0.2, 0.25) is 10.0 Å². The second-order valence-corrected chi connectivity index (χ2v) is 9.17. The van der Waals surface area contributed by atoms with Crippen LogP contribution in [0, 0.1) is 20.8 Å². The van der Waals surface area contributed by atoms with Crippen LogP contribution in [0.1, 0.15) is 23.5 Å². The van der Waals surface area contributed by atoms with Crippen molar-refractivity contribution in [1.82, 2.24) is 14.3 Å². The number of fused-ring (bicyclic) bond motifs is 2. The number of ether oxygens (including phenoxy) is 1. The fraction of sp³-hybridized carbons (Fsp3) is 0.474. The molecule has 2 aromatic rings. The van der Waals surface area contributed by atoms with Crippen molar-refractivity contribution in [3.05, 3.63) is 41.3 Å². The molecule has 0 saturated carbocycles. The standard InChI is InChI=1S/C19H24N4O3S/c1-12-7-17(5-6-18(12)26-4)27(24,25)23-15-9-16(23)11-22(10-15)19-8-13(2)20-14(3)21-19/h5-8,15-16H,9-11H2,1-4H3. The molecule has 2 atom stereocenters. The van der Waals surface area contributed by atoms with E-state index in [1.807, 2.05) is 26.8 Å². The van der Waals surface area contributed by atoms with E-state index in [4.69, 9.17) is 4.74 Å². The summed E-state index contributed by atoms with van der Waals surface area (Å²) in [5.74, 6) is 2.31. The largest absolute Gasteiger partial charge is 0.496 e. The summed E-state index contributed by atoms with van der Waals surface area (Å²) in [4.78, 5) is 11.3. The Kier molecular flexibility index (Phi) is 4.35. The number of methoxy groups -OCH3 is 1. The number of piperidine rings is 1. The van der Waals surface area contributed by atoms with Crippen molar-refractivity contribution < 1.29 is 13.2 Å². The first-order chi connectivity index (χ1) is 12.8. The highest BCUT2D eigenvalue weighted by Gasteiger charge is 2.51. The van der Waals surface area contributed by atoms with E-state index in [1.54, 1.807) is 29.6 Å². The van der Waals surface area contributed by atoms with Crippen LogP contribution in [0.5, 0.6) is 5.75 Å². The first kappa shape index (κ1) is 18.2. The first-order valence-corrected chi connectivity index (χ1v) is 10.5. The Hall–Kier alpha value is -2.19. The average molecular weight is 388 g/mol. The maximum Gasteiger partial charge on any atom is 0.243 e. The van der Waals surface area contributed by atoms with Gasteiger partial charge in [-0.05, 0) is 51.0 Å². The monoisotopic (exact) mass is 388 g/mol. The lowest BCUT2D eigenvalue weighted by Crippen LogP contribution is -2.70. The third kappa shape index (κ3) is 3.06. The van der Waals surface area contributed by atoms with E-state index in [0.29, 0.717) is 23.7 Å². The molecule has 0 aliphatic carbocycles. The van der Waals surface area contributed by atoms with Crippen LogP contribution in [0.3, 0.4) is 0 Å². The molecule has 1 aromatic heterocycles. The minimum atomic E-state index is -3.51. The fourth-order valence-electron chi connectivity index (χ4n) is 4.15. The molecule has 8 heteroatoms. The minimum Gasteiger partial charge on any atom is -0.496 e. The maximum atomic E-state index is 13.2. The molecule has 2 unspecified atom stereocenters. The van der Waals surface area contributed by atoms with E-state index in [9.17, 15) is 8.42 Å². The van der Waals surface area contributed by atoms with Crippen LogP contribution >= 0.6 is 0 Å². The van der Waals surface area contributed by atoms with Gasteiger partial charge in [0.1, 0.15) is 17.4 Å². The number of piperazine rings is 1. The summed E-state index contributed by atoms with van der Waals surface area (Å²) in [6, 6.07) is 6.96. The number of rotatable bonds is 4. The van der Waals surface area contributed by atoms with Gasteiger partial charge in [0.15, 0.2) is 0 Å². The van der Waals surface area contributed by atoms with Crippen molar-refractivity contribution in [2.45, 2.75) is 44.2 Å². The fourth-order valence-corrected chi connectivity index (χ4v) is 6.05. The van der Waals surface area contributed by atoms with Crippen LogP contribution in [0.2, 0.25) is 0 Å². The lowest BCUT2D eigenvalue weighted by Gasteiger charge is -2.55. The Morgan fingerprint density at radius 2 is 1.78 bits per heavy atom. The predicted molar refractivity (Wildman–Crippen MR) is 103 cm³/mol. The summed E-state index contributed by atoms with van der Waals surface area (Å²) in [6.45, 7) is 6.99. The number of hydrogen-bond acceptors (Lipinski definition) is 6. The predicted octanol–water partition coefficient (Wildman–Crippen LogP) is 2.06. The third-order valence-electron chi connectivity index (χ3n) is 5.34. The highest BCUT2D eigenvalue weighted by Crippen LogP contribution is 2.39. The van der Waals surface area contributed by atoms with Crippen LogP contribution in [0.15, 0.2) is 29.2 Å². The third-order valence-corrected chi connectivity index (χ3v) is 7.35. The summed E-state index contributed by atoms with van der Waals surface area (Å²) in [5.41, 5.74) is 1.74. The van der Waals surface area contributed by atoms with Gasteiger partial charge in [-0.15, -0.1) is 0 Å². The summed E-state index contributed by atoms with van der Waals surface area (Å²) in [5, 5.41) is 0. The van der Waals surface area contributed by atoms with E-state index in [0.717, 1.165) is 29.3 Å². The number of hydrogen-bond donors (Lipinski definition) is 0. The smallest absolute Gasteiger partial charge is 0.243 e. The van der Waals surface area contributed by atoms with E-state index in [1.165, 1.54) is 0 Å². The molecule has 0 amide bonds. The molecule has 2 bridgehead atoms. The van der Waals surface area contributed by atoms with E-state index < -0.39 is 10.0 Å². The van der Waals surface area contributed by atoms with Gasteiger partial charge in [0.25, 0.3) is 0 Å². The van der Waals surface area contributed by atoms with Gasteiger partial charge in [-0.1, -0.05) is 0 Å². The summed E-state index contributed by atoms with van der Waals surface area (Å²) in [7, 11) is -1.93. The lowest BCUT2D eigenvalue weighted by atomic mass is 9.91. The molecule has 0 N–H and O–H groups in total. The SMILES string of the molecule is COc1ccc(S(=O)(=O)N2C3CC2CN(c2cc(C)nc(C)n2)C3)cc1C. The molecular weight excluding hydrogens is 364 g/mol. The second kappa shape index (κ2) is 6.45. The molecular formula is C19H24N4O3S. The summed E-state index contributed by atoms with van der Waals surface area (Å²) < 4.78 is 33.3. The molecule has 3 aliphatic rings. The normalized spacial score (nSPS) is 22.4. The zero-order valence-corrected chi connectivity index (χ0v) is 16.8. The van der Waals surface area contributed by atoms with Crippen molar-refractivity contribution in [2.24, 2.45) is 0 Å². The van der Waals surface area contributed by atoms with Crippen LogP contribution in [-0.2, 0) is 10.0 Å². The van der Waals surface area contributed by atoms with Crippen molar-refractivity contribution in [1.29, 1.82) is 0 Å². The van der Waals surface area contributed by atoms with Crippen LogP contribution in [-0.4, -0.2) is 55.0 Å². The Bertz CT molecular complexity index is 960. The van der Waals surface area contributed by atoms with Gasteiger partial charge in [0.05, 0.1) is 12.0 Å². The van der Waals surface area contributed by atoms with Crippen LogP contribution < -0.4 is 9.64 Å². The molecule has 4 heterocycles. The molecule has 7 nitrogen and oxygen atoms in total. The highest BCUT2D eigenvalue weighted by atomic mass is 32.2. The molecule has 144 valence electrons.